The van der Waals surface area contributed by atoms with Crippen LogP contribution in [0.5, 0.6) is 0 Å². The van der Waals surface area contributed by atoms with Gasteiger partial charge in [-0.1, -0.05) is 36.7 Å². The van der Waals surface area contributed by atoms with Gasteiger partial charge in [-0.05, 0) is 61.7 Å². The number of nitrogens with zero attached hydrogens (tertiary/aromatic N) is 1. The molecule has 1 aromatic heterocycles. The summed E-state index contributed by atoms with van der Waals surface area (Å²) in [6.45, 7) is 8.74. The summed E-state index contributed by atoms with van der Waals surface area (Å²) >= 11 is 5.98. The SMILES string of the molecule is CCCN(Cc1ccc(Cl)cc1)Cc1cc(=O)c2c(C)cc(C)cc2[nH]1. The monoisotopic (exact) mass is 368 g/mol. The Morgan fingerprint density at radius 3 is 2.46 bits per heavy atom. The Balaban J connectivity index is 1.89. The minimum absolute atomic E-state index is 0.0918. The molecule has 1 N–H and O–H groups in total. The number of hydrogen-bond acceptors (Lipinski definition) is 2. The van der Waals surface area contributed by atoms with Crippen LogP contribution in [-0.4, -0.2) is 16.4 Å². The van der Waals surface area contributed by atoms with E-state index in [0.29, 0.717) is 6.54 Å². The molecule has 3 nitrogen and oxygen atoms in total. The van der Waals surface area contributed by atoms with Crippen LogP contribution >= 0.6 is 11.6 Å². The van der Waals surface area contributed by atoms with E-state index in [1.807, 2.05) is 19.1 Å². The van der Waals surface area contributed by atoms with Crippen molar-refractivity contribution in [2.75, 3.05) is 6.54 Å². The molecule has 0 bridgehead atoms. The zero-order valence-electron chi connectivity index (χ0n) is 15.6. The largest absolute Gasteiger partial charge is 0.357 e. The fraction of sp³-hybridized carbons (Fsp3) is 0.318. The molecule has 0 saturated heterocycles. The number of pyridine rings is 1. The van der Waals surface area contributed by atoms with Crippen molar-refractivity contribution in [2.45, 2.75) is 40.3 Å². The molecule has 2 aromatic carbocycles. The van der Waals surface area contributed by atoms with Crippen LogP contribution < -0.4 is 5.43 Å². The maximum Gasteiger partial charge on any atom is 0.189 e. The Kier molecular flexibility index (Phi) is 5.80. The average Bonchev–Trinajstić information content (AvgIpc) is 2.56. The molecule has 1 heterocycles. The minimum atomic E-state index is 0.0918. The van der Waals surface area contributed by atoms with Crippen molar-refractivity contribution in [1.29, 1.82) is 0 Å². The van der Waals surface area contributed by atoms with E-state index in [4.69, 9.17) is 11.6 Å². The van der Waals surface area contributed by atoms with Gasteiger partial charge < -0.3 is 4.98 Å². The predicted octanol–water partition coefficient (Wildman–Crippen LogP) is 5.21. The highest BCUT2D eigenvalue weighted by atomic mass is 35.5. The lowest BCUT2D eigenvalue weighted by Gasteiger charge is -2.22. The van der Waals surface area contributed by atoms with Gasteiger partial charge in [-0.25, -0.2) is 0 Å². The summed E-state index contributed by atoms with van der Waals surface area (Å²) in [5.74, 6) is 0. The van der Waals surface area contributed by atoms with Gasteiger partial charge in [0.25, 0.3) is 0 Å². The normalized spacial score (nSPS) is 11.4. The number of benzene rings is 2. The lowest BCUT2D eigenvalue weighted by molar-refractivity contribution is 0.254. The molecule has 0 saturated carbocycles. The highest BCUT2D eigenvalue weighted by Gasteiger charge is 2.10. The van der Waals surface area contributed by atoms with E-state index < -0.39 is 0 Å². The number of aromatic nitrogens is 1. The minimum Gasteiger partial charge on any atom is -0.357 e. The second kappa shape index (κ2) is 8.07. The Morgan fingerprint density at radius 2 is 1.77 bits per heavy atom. The summed E-state index contributed by atoms with van der Waals surface area (Å²) in [6, 6.07) is 13.8. The molecule has 0 aliphatic carbocycles. The summed E-state index contributed by atoms with van der Waals surface area (Å²) in [4.78, 5) is 18.4. The molecule has 3 aromatic rings. The van der Waals surface area contributed by atoms with E-state index >= 15 is 0 Å². The van der Waals surface area contributed by atoms with Crippen LogP contribution in [0.15, 0.2) is 47.3 Å². The molecule has 0 fully saturated rings. The topological polar surface area (TPSA) is 36.1 Å². The average molecular weight is 369 g/mol. The van der Waals surface area contributed by atoms with Gasteiger partial charge in [0, 0.05) is 35.3 Å². The zero-order valence-corrected chi connectivity index (χ0v) is 16.4. The van der Waals surface area contributed by atoms with Gasteiger partial charge in [-0.3, -0.25) is 9.69 Å². The van der Waals surface area contributed by atoms with Crippen LogP contribution in [0.25, 0.3) is 10.9 Å². The highest BCUT2D eigenvalue weighted by Crippen LogP contribution is 2.18. The summed E-state index contributed by atoms with van der Waals surface area (Å²) in [5, 5.41) is 1.54. The lowest BCUT2D eigenvalue weighted by atomic mass is 10.1. The molecule has 0 unspecified atom stereocenters. The molecule has 4 heteroatoms. The molecule has 0 aliphatic heterocycles. The van der Waals surface area contributed by atoms with Crippen LogP contribution in [-0.2, 0) is 13.1 Å². The first-order valence-corrected chi connectivity index (χ1v) is 9.44. The van der Waals surface area contributed by atoms with Gasteiger partial charge in [-0.15, -0.1) is 0 Å². The Morgan fingerprint density at radius 1 is 1.04 bits per heavy atom. The van der Waals surface area contributed by atoms with Crippen molar-refractivity contribution in [3.63, 3.8) is 0 Å². The third kappa shape index (κ3) is 4.35. The van der Waals surface area contributed by atoms with Gasteiger partial charge in [0.15, 0.2) is 5.43 Å². The van der Waals surface area contributed by atoms with E-state index in [1.165, 1.54) is 5.56 Å². The van der Waals surface area contributed by atoms with E-state index in [0.717, 1.165) is 52.3 Å². The number of aromatic amines is 1. The first-order chi connectivity index (χ1) is 12.5. The van der Waals surface area contributed by atoms with E-state index in [2.05, 4.69) is 48.0 Å². The number of hydrogen-bond donors (Lipinski definition) is 1. The van der Waals surface area contributed by atoms with Gasteiger partial charge in [0.1, 0.15) is 0 Å². The van der Waals surface area contributed by atoms with Crippen molar-refractivity contribution in [2.24, 2.45) is 0 Å². The van der Waals surface area contributed by atoms with E-state index in [1.54, 1.807) is 6.07 Å². The Hall–Kier alpha value is -2.10. The molecule has 0 atom stereocenters. The molecular weight excluding hydrogens is 344 g/mol. The van der Waals surface area contributed by atoms with Crippen LogP contribution in [0, 0.1) is 13.8 Å². The van der Waals surface area contributed by atoms with Gasteiger partial charge in [0.2, 0.25) is 0 Å². The summed E-state index contributed by atoms with van der Waals surface area (Å²) in [7, 11) is 0. The molecule has 0 amide bonds. The molecule has 3 rings (SSSR count). The zero-order chi connectivity index (χ0) is 18.7. The summed E-state index contributed by atoms with van der Waals surface area (Å²) in [6.07, 6.45) is 1.06. The number of halogens is 1. The molecule has 0 spiro atoms. The molecule has 0 aliphatic rings. The Labute approximate surface area is 159 Å². The van der Waals surface area contributed by atoms with Crippen molar-refractivity contribution >= 4 is 22.5 Å². The van der Waals surface area contributed by atoms with Gasteiger partial charge in [0.05, 0.1) is 5.52 Å². The highest BCUT2D eigenvalue weighted by molar-refractivity contribution is 6.30. The van der Waals surface area contributed by atoms with Crippen molar-refractivity contribution in [3.05, 3.63) is 80.1 Å². The maximum absolute atomic E-state index is 12.6. The third-order valence-electron chi connectivity index (χ3n) is 4.58. The third-order valence-corrected chi connectivity index (χ3v) is 4.83. The maximum atomic E-state index is 12.6. The summed E-state index contributed by atoms with van der Waals surface area (Å²) < 4.78 is 0. The van der Waals surface area contributed by atoms with Crippen LogP contribution in [0.3, 0.4) is 0 Å². The number of rotatable bonds is 6. The second-order valence-corrected chi connectivity index (χ2v) is 7.44. The molecule has 136 valence electrons. The van der Waals surface area contributed by atoms with E-state index in [9.17, 15) is 4.79 Å². The van der Waals surface area contributed by atoms with Crippen molar-refractivity contribution in [3.8, 4) is 0 Å². The fourth-order valence-corrected chi connectivity index (χ4v) is 3.66. The number of nitrogens with one attached hydrogen (secondary N) is 1. The molecule has 26 heavy (non-hydrogen) atoms. The Bertz CT molecular complexity index is 960. The number of H-pyrrole nitrogens is 1. The standard InChI is InChI=1S/C22H25ClN2O/c1-4-9-25(13-17-5-7-18(23)8-6-17)14-19-12-21(26)22-16(3)10-15(2)11-20(22)24-19/h5-8,10-12H,4,9,13-14H2,1-3H3,(H,24,26). The van der Waals surface area contributed by atoms with Gasteiger partial charge >= 0.3 is 0 Å². The lowest BCUT2D eigenvalue weighted by Crippen LogP contribution is -2.25. The molecular formula is C22H25ClN2O. The quantitative estimate of drug-likeness (QED) is 0.648. The van der Waals surface area contributed by atoms with Crippen LogP contribution in [0.4, 0.5) is 0 Å². The van der Waals surface area contributed by atoms with Crippen LogP contribution in [0.1, 0.15) is 35.7 Å². The summed E-state index contributed by atoms with van der Waals surface area (Å²) in [5.41, 5.74) is 5.38. The number of fused-ring (bicyclic) bond motifs is 1. The first kappa shape index (κ1) is 18.7. The first-order valence-electron chi connectivity index (χ1n) is 9.06. The van der Waals surface area contributed by atoms with Gasteiger partial charge in [-0.2, -0.15) is 0 Å². The van der Waals surface area contributed by atoms with Crippen molar-refractivity contribution in [1.82, 2.24) is 9.88 Å². The predicted molar refractivity (Wildman–Crippen MR) is 110 cm³/mol. The fourth-order valence-electron chi connectivity index (χ4n) is 3.54. The second-order valence-electron chi connectivity index (χ2n) is 7.00. The van der Waals surface area contributed by atoms with Crippen molar-refractivity contribution < 1.29 is 0 Å². The smallest absolute Gasteiger partial charge is 0.189 e. The molecule has 0 radical (unpaired) electrons. The van der Waals surface area contributed by atoms with Crippen LogP contribution in [0.2, 0.25) is 5.02 Å². The number of aryl methyl sites for hydroxylation is 2. The van der Waals surface area contributed by atoms with E-state index in [-0.39, 0.29) is 5.43 Å².